The Bertz CT molecular complexity index is 1830. The molecule has 4 fully saturated rings. The van der Waals surface area contributed by atoms with Gasteiger partial charge >= 0.3 is 6.01 Å². The number of amides is 1. The first-order valence-electron chi connectivity index (χ1n) is 15.1. The molecule has 44 heavy (non-hydrogen) atoms. The summed E-state index contributed by atoms with van der Waals surface area (Å²) in [5.74, 6) is -0.0494. The number of carbonyl (C=O) groups excluding carboxylic acids is 1. The van der Waals surface area contributed by atoms with Crippen molar-refractivity contribution in [1.29, 1.82) is 0 Å². The van der Waals surface area contributed by atoms with Gasteiger partial charge in [0.2, 0.25) is 5.91 Å². The molecule has 2 aromatic carbocycles. The highest BCUT2D eigenvalue weighted by molar-refractivity contribution is 6.36. The Morgan fingerprint density at radius 3 is 2.89 bits per heavy atom. The van der Waals surface area contributed by atoms with Crippen molar-refractivity contribution in [3.63, 3.8) is 0 Å². The number of benzene rings is 2. The number of likely N-dealkylation sites (tertiary alicyclic amines) is 1. The van der Waals surface area contributed by atoms with Crippen LogP contribution in [-0.4, -0.2) is 87.2 Å². The normalized spacial score (nSPS) is 26.2. The zero-order valence-corrected chi connectivity index (χ0v) is 24.8. The van der Waals surface area contributed by atoms with Gasteiger partial charge in [-0.05, 0) is 44.0 Å². The van der Waals surface area contributed by atoms with Crippen LogP contribution in [0.2, 0.25) is 5.02 Å². The van der Waals surface area contributed by atoms with E-state index >= 15 is 4.39 Å². The second-order valence-electron chi connectivity index (χ2n) is 12.4. The molecule has 4 aromatic rings. The smallest absolute Gasteiger partial charge is 0.319 e. The van der Waals surface area contributed by atoms with Gasteiger partial charge in [-0.15, -0.1) is 0 Å². The third-order valence-corrected chi connectivity index (χ3v) is 10.4. The number of fused-ring (bicyclic) bond motifs is 4. The van der Waals surface area contributed by atoms with Crippen LogP contribution in [-0.2, 0) is 4.79 Å². The van der Waals surface area contributed by atoms with Crippen LogP contribution in [0.3, 0.4) is 0 Å². The maximum atomic E-state index is 16.7. The molecule has 2 aromatic heterocycles. The highest BCUT2D eigenvalue weighted by Crippen LogP contribution is 2.43. The second-order valence-corrected chi connectivity index (χ2v) is 12.8. The third-order valence-electron chi connectivity index (χ3n) is 10.0. The lowest BCUT2D eigenvalue weighted by molar-refractivity contribution is -0.127. The Balaban J connectivity index is 1.22. The first kappa shape index (κ1) is 27.6. The lowest BCUT2D eigenvalue weighted by Crippen LogP contribution is -2.63. The molecule has 8 rings (SSSR count). The molecule has 0 N–H and O–H groups in total. The Kier molecular flexibility index (Phi) is 6.50. The molecule has 6 heterocycles. The Morgan fingerprint density at radius 1 is 1.14 bits per heavy atom. The summed E-state index contributed by atoms with van der Waals surface area (Å²) in [5, 5.41) is 2.56. The summed E-state index contributed by atoms with van der Waals surface area (Å²) >= 11 is 6.59. The first-order valence-corrected chi connectivity index (χ1v) is 15.5. The van der Waals surface area contributed by atoms with Crippen molar-refractivity contribution in [3.05, 3.63) is 66.2 Å². The van der Waals surface area contributed by atoms with Gasteiger partial charge in [-0.3, -0.25) is 14.7 Å². The predicted octanol–water partition coefficient (Wildman–Crippen LogP) is 5.57. The van der Waals surface area contributed by atoms with E-state index in [1.54, 1.807) is 24.5 Å². The summed E-state index contributed by atoms with van der Waals surface area (Å²) < 4.78 is 37.4. The van der Waals surface area contributed by atoms with Gasteiger partial charge in [0.1, 0.15) is 24.1 Å². The number of ether oxygens (including phenoxy) is 1. The van der Waals surface area contributed by atoms with Gasteiger partial charge in [-0.25, -0.2) is 8.78 Å². The van der Waals surface area contributed by atoms with Crippen molar-refractivity contribution < 1.29 is 18.3 Å². The number of nitrogens with zero attached hydrogens (tertiary/aromatic N) is 6. The molecule has 0 spiro atoms. The zero-order chi connectivity index (χ0) is 30.2. The second kappa shape index (κ2) is 10.3. The first-order chi connectivity index (χ1) is 21.4. The summed E-state index contributed by atoms with van der Waals surface area (Å²) in [6.07, 6.45) is 6.76. The summed E-state index contributed by atoms with van der Waals surface area (Å²) in [6.45, 7) is 6.30. The summed E-state index contributed by atoms with van der Waals surface area (Å²) in [6, 6.07) is 9.19. The van der Waals surface area contributed by atoms with Crippen molar-refractivity contribution in [2.75, 3.05) is 37.7 Å². The van der Waals surface area contributed by atoms with Gasteiger partial charge in [0, 0.05) is 70.8 Å². The number of hydrogen-bond acceptors (Lipinski definition) is 7. The number of rotatable bonds is 6. The fourth-order valence-corrected chi connectivity index (χ4v) is 8.20. The van der Waals surface area contributed by atoms with Gasteiger partial charge in [0.05, 0.1) is 17.6 Å². The molecule has 8 nitrogen and oxygen atoms in total. The molecular formula is C33H31ClF2N6O2. The highest BCUT2D eigenvalue weighted by Gasteiger charge is 2.51. The molecule has 4 saturated heterocycles. The van der Waals surface area contributed by atoms with E-state index in [1.807, 2.05) is 23.1 Å². The molecule has 0 unspecified atom stereocenters. The summed E-state index contributed by atoms with van der Waals surface area (Å²) in [7, 11) is 0. The highest BCUT2D eigenvalue weighted by atomic mass is 35.5. The van der Waals surface area contributed by atoms with Crippen molar-refractivity contribution >= 4 is 45.0 Å². The maximum absolute atomic E-state index is 16.7. The fourth-order valence-electron chi connectivity index (χ4n) is 7.91. The van der Waals surface area contributed by atoms with Crippen LogP contribution in [0.25, 0.3) is 32.8 Å². The van der Waals surface area contributed by atoms with E-state index in [4.69, 9.17) is 21.3 Å². The van der Waals surface area contributed by atoms with Crippen LogP contribution in [0.4, 0.5) is 14.6 Å². The molecule has 1 amide bonds. The van der Waals surface area contributed by atoms with E-state index in [9.17, 15) is 9.18 Å². The monoisotopic (exact) mass is 616 g/mol. The van der Waals surface area contributed by atoms with Gasteiger partial charge in [-0.2, -0.15) is 9.97 Å². The molecule has 4 aliphatic heterocycles. The van der Waals surface area contributed by atoms with Crippen LogP contribution < -0.4 is 9.64 Å². The van der Waals surface area contributed by atoms with Crippen LogP contribution >= 0.6 is 11.6 Å². The van der Waals surface area contributed by atoms with Gasteiger partial charge in [-0.1, -0.05) is 36.4 Å². The minimum absolute atomic E-state index is 0.0359. The average molecular weight is 617 g/mol. The summed E-state index contributed by atoms with van der Waals surface area (Å²) in [4.78, 5) is 32.3. The number of halogens is 3. The zero-order valence-electron chi connectivity index (χ0n) is 24.1. The van der Waals surface area contributed by atoms with Crippen LogP contribution in [0.15, 0.2) is 55.4 Å². The van der Waals surface area contributed by atoms with Crippen molar-refractivity contribution in [2.45, 2.75) is 49.5 Å². The van der Waals surface area contributed by atoms with E-state index in [0.29, 0.717) is 58.8 Å². The quantitative estimate of drug-likeness (QED) is 0.262. The van der Waals surface area contributed by atoms with E-state index in [2.05, 4.69) is 26.3 Å². The van der Waals surface area contributed by atoms with Gasteiger partial charge in [0.15, 0.2) is 5.82 Å². The SMILES string of the molecule is C=CC(=O)N1CC[C@@H]2[C@H]1CN2c1nc(OC[C@@]23CCCN2C[C@H](F)C3)nc2c(F)c(-c3cncc4cccc(Cl)c34)ccc12. The van der Waals surface area contributed by atoms with Crippen molar-refractivity contribution in [3.8, 4) is 17.1 Å². The van der Waals surface area contributed by atoms with E-state index < -0.39 is 17.5 Å². The van der Waals surface area contributed by atoms with Gasteiger partial charge in [0.25, 0.3) is 0 Å². The number of carbonyl (C=O) groups is 1. The Hall–Kier alpha value is -3.89. The van der Waals surface area contributed by atoms with Crippen LogP contribution in [0, 0.1) is 5.82 Å². The number of hydrogen-bond donors (Lipinski definition) is 0. The molecule has 0 radical (unpaired) electrons. The standard InChI is InChI=1S/C33H31ClF2N6O2/c1-2-27(43)41-12-9-25-26(41)17-42(25)31-22-8-7-21(23-15-37-14-19-5-3-6-24(34)28(19)23)29(36)30(22)38-32(39-31)44-18-33-10-4-11-40(33)16-20(35)13-33/h2-3,5-8,14-15,20,25-26H,1,4,9-13,16-18H2/t20-,25-,26-,33+/m1/s1. The number of alkyl halides is 1. The lowest BCUT2D eigenvalue weighted by atomic mass is 9.95. The van der Waals surface area contributed by atoms with Crippen molar-refractivity contribution in [1.82, 2.24) is 24.8 Å². The third kappa shape index (κ3) is 4.18. The number of pyridine rings is 1. The van der Waals surface area contributed by atoms with Crippen LogP contribution in [0.5, 0.6) is 6.01 Å². The Morgan fingerprint density at radius 2 is 2.02 bits per heavy atom. The predicted molar refractivity (Wildman–Crippen MR) is 165 cm³/mol. The molecule has 4 atom stereocenters. The van der Waals surface area contributed by atoms with E-state index in [-0.39, 0.29) is 36.1 Å². The maximum Gasteiger partial charge on any atom is 0.319 e. The molecular weight excluding hydrogens is 586 g/mol. The molecule has 0 aliphatic carbocycles. The fraction of sp³-hybridized carbons (Fsp3) is 0.394. The Labute approximate surface area is 258 Å². The summed E-state index contributed by atoms with van der Waals surface area (Å²) in [5.41, 5.74) is 0.611. The van der Waals surface area contributed by atoms with E-state index in [1.165, 1.54) is 6.08 Å². The number of anilines is 1. The largest absolute Gasteiger partial charge is 0.461 e. The van der Waals surface area contributed by atoms with E-state index in [0.717, 1.165) is 31.2 Å². The van der Waals surface area contributed by atoms with Crippen LogP contribution in [0.1, 0.15) is 25.7 Å². The topological polar surface area (TPSA) is 74.7 Å². The van der Waals surface area contributed by atoms with Gasteiger partial charge < -0.3 is 14.5 Å². The minimum Gasteiger partial charge on any atom is -0.461 e. The minimum atomic E-state index is -0.894. The molecule has 4 aliphatic rings. The van der Waals surface area contributed by atoms with Crippen molar-refractivity contribution in [2.24, 2.45) is 0 Å². The molecule has 226 valence electrons. The molecule has 0 saturated carbocycles. The molecule has 0 bridgehead atoms. The lowest BCUT2D eigenvalue weighted by Gasteiger charge is -2.47. The average Bonchev–Trinajstić information content (AvgIpc) is 3.65. The molecule has 11 heteroatoms. The number of aromatic nitrogens is 3.